The monoisotopic (exact) mass is 495 g/mol. The number of benzene rings is 2. The number of nitrogens with one attached hydrogen (secondary N) is 2. The summed E-state index contributed by atoms with van der Waals surface area (Å²) in [7, 11) is 0. The first kappa shape index (κ1) is 23.5. The molecule has 0 radical (unpaired) electrons. The molecule has 5 rings (SSSR count). The Hall–Kier alpha value is -3.20. The number of carbonyl (C=O) groups is 3. The van der Waals surface area contributed by atoms with Crippen molar-refractivity contribution in [1.29, 1.82) is 0 Å². The summed E-state index contributed by atoms with van der Waals surface area (Å²) in [4.78, 5) is 41.6. The lowest BCUT2D eigenvalue weighted by Gasteiger charge is -2.32. The van der Waals surface area contributed by atoms with E-state index in [9.17, 15) is 14.4 Å². The van der Waals surface area contributed by atoms with E-state index in [1.165, 1.54) is 0 Å². The van der Waals surface area contributed by atoms with Gasteiger partial charge in [-0.3, -0.25) is 14.4 Å². The van der Waals surface area contributed by atoms with Crippen LogP contribution in [0, 0.1) is 5.92 Å². The van der Waals surface area contributed by atoms with Crippen LogP contribution < -0.4 is 20.1 Å². The molecule has 9 heteroatoms. The van der Waals surface area contributed by atoms with E-state index in [0.717, 1.165) is 11.1 Å². The van der Waals surface area contributed by atoms with Crippen molar-refractivity contribution in [3.63, 3.8) is 0 Å². The van der Waals surface area contributed by atoms with E-state index in [-0.39, 0.29) is 35.8 Å². The van der Waals surface area contributed by atoms with Crippen LogP contribution in [0.5, 0.6) is 11.5 Å². The average molecular weight is 496 g/mol. The second-order valence-electron chi connectivity index (χ2n) is 9.91. The minimum absolute atomic E-state index is 0.141. The van der Waals surface area contributed by atoms with Crippen molar-refractivity contribution in [3.05, 3.63) is 59.2 Å². The maximum Gasteiger partial charge on any atom is 0.256 e. The zero-order valence-electron chi connectivity index (χ0n) is 20.2. The maximum absolute atomic E-state index is 13.6. The number of hydrogen-bond donors (Lipinski definition) is 2. The van der Waals surface area contributed by atoms with Crippen LogP contribution in [0.3, 0.4) is 0 Å². The van der Waals surface area contributed by atoms with Crippen LogP contribution in [-0.2, 0) is 16.1 Å². The summed E-state index contributed by atoms with van der Waals surface area (Å²) in [5.41, 5.74) is 2.45. The molecule has 3 amide bonds. The van der Waals surface area contributed by atoms with E-state index in [2.05, 4.69) is 10.6 Å². The first-order chi connectivity index (χ1) is 16.7. The van der Waals surface area contributed by atoms with Crippen molar-refractivity contribution in [2.24, 2.45) is 5.92 Å². The van der Waals surface area contributed by atoms with Gasteiger partial charge >= 0.3 is 0 Å². The fraction of sp³-hybridized carbons (Fsp3) is 0.423. The molecule has 0 bridgehead atoms. The molecular formula is C26H29N3O5S. The van der Waals surface area contributed by atoms with Crippen LogP contribution >= 0.6 is 11.8 Å². The van der Waals surface area contributed by atoms with Crippen LogP contribution in [0.25, 0.3) is 0 Å². The summed E-state index contributed by atoms with van der Waals surface area (Å²) in [6.07, 6.45) is 0. The van der Waals surface area contributed by atoms with E-state index in [1.54, 1.807) is 22.7 Å². The largest absolute Gasteiger partial charge is 0.454 e. The van der Waals surface area contributed by atoms with Crippen LogP contribution in [0.1, 0.15) is 54.6 Å². The molecule has 2 N–H and O–H groups in total. The van der Waals surface area contributed by atoms with Crippen molar-refractivity contribution < 1.29 is 23.9 Å². The summed E-state index contributed by atoms with van der Waals surface area (Å²) < 4.78 is 10.2. The predicted octanol–water partition coefficient (Wildman–Crippen LogP) is 3.22. The second-order valence-corrected chi connectivity index (χ2v) is 11.6. The first-order valence-corrected chi connectivity index (χ1v) is 12.6. The Morgan fingerprint density at radius 1 is 1.14 bits per heavy atom. The highest BCUT2D eigenvalue weighted by Crippen LogP contribution is 2.56. The maximum atomic E-state index is 13.6. The number of thioether (sulfide) groups is 1. The molecule has 0 spiro atoms. The third-order valence-electron chi connectivity index (χ3n) is 6.70. The lowest BCUT2D eigenvalue weighted by atomic mass is 9.98. The molecule has 3 aliphatic heterocycles. The second kappa shape index (κ2) is 8.78. The third kappa shape index (κ3) is 4.11. The molecular weight excluding hydrogens is 466 g/mol. The van der Waals surface area contributed by atoms with Gasteiger partial charge in [0.15, 0.2) is 11.5 Å². The number of carbonyl (C=O) groups excluding carboxylic acids is 3. The molecule has 1 saturated heterocycles. The predicted molar refractivity (Wildman–Crippen MR) is 132 cm³/mol. The van der Waals surface area contributed by atoms with Gasteiger partial charge in [0.2, 0.25) is 18.6 Å². The van der Waals surface area contributed by atoms with E-state index in [4.69, 9.17) is 9.47 Å². The summed E-state index contributed by atoms with van der Waals surface area (Å²) >= 11 is 1.60. The molecule has 0 unspecified atom stereocenters. The zero-order chi connectivity index (χ0) is 24.9. The van der Waals surface area contributed by atoms with Gasteiger partial charge in [-0.2, -0.15) is 0 Å². The minimum atomic E-state index is -0.739. The van der Waals surface area contributed by atoms with Crippen molar-refractivity contribution >= 4 is 29.5 Å². The fourth-order valence-corrected chi connectivity index (χ4v) is 6.51. The number of amides is 3. The van der Waals surface area contributed by atoms with Crippen molar-refractivity contribution in [3.8, 4) is 11.5 Å². The summed E-state index contributed by atoms with van der Waals surface area (Å²) in [6.45, 7) is 8.20. The molecule has 8 nitrogen and oxygen atoms in total. The lowest BCUT2D eigenvalue weighted by Crippen LogP contribution is -2.58. The number of nitrogens with zero attached hydrogens (tertiary/aromatic N) is 1. The molecule has 3 atom stereocenters. The molecule has 2 aromatic carbocycles. The van der Waals surface area contributed by atoms with E-state index < -0.39 is 16.8 Å². The number of ether oxygens (including phenoxy) is 2. The molecule has 0 saturated carbocycles. The highest BCUT2D eigenvalue weighted by atomic mass is 32.2. The summed E-state index contributed by atoms with van der Waals surface area (Å²) in [5.74, 6) is 0.455. The Bertz CT molecular complexity index is 1200. The smallest absolute Gasteiger partial charge is 0.256 e. The van der Waals surface area contributed by atoms with Gasteiger partial charge in [-0.15, -0.1) is 11.8 Å². The lowest BCUT2D eigenvalue weighted by molar-refractivity contribution is -0.132. The van der Waals surface area contributed by atoms with Gasteiger partial charge in [-0.25, -0.2) is 0 Å². The first-order valence-electron chi connectivity index (χ1n) is 11.7. The van der Waals surface area contributed by atoms with Gasteiger partial charge in [0.25, 0.3) is 5.91 Å². The number of hydrogen-bond acceptors (Lipinski definition) is 6. The Kier molecular flexibility index (Phi) is 5.91. The van der Waals surface area contributed by atoms with Gasteiger partial charge in [-0.05, 0) is 49.1 Å². The van der Waals surface area contributed by atoms with Crippen molar-refractivity contribution in [2.75, 3.05) is 6.79 Å². The normalized spacial score (nSPS) is 22.1. The molecule has 0 aliphatic carbocycles. The molecule has 3 aliphatic rings. The summed E-state index contributed by atoms with van der Waals surface area (Å²) in [5, 5.41) is 5.66. The molecule has 184 valence electrons. The van der Waals surface area contributed by atoms with Gasteiger partial charge < -0.3 is 25.0 Å². The van der Waals surface area contributed by atoms with E-state index >= 15 is 0 Å². The van der Waals surface area contributed by atoms with Gasteiger partial charge in [0.1, 0.15) is 17.5 Å². The van der Waals surface area contributed by atoms with Crippen molar-refractivity contribution in [2.45, 2.75) is 56.4 Å². The average Bonchev–Trinajstić information content (AvgIpc) is 3.47. The molecule has 1 fully saturated rings. The number of fused-ring (bicyclic) bond motifs is 4. The minimum Gasteiger partial charge on any atom is -0.454 e. The van der Waals surface area contributed by atoms with Crippen molar-refractivity contribution in [1.82, 2.24) is 15.5 Å². The zero-order valence-corrected chi connectivity index (χ0v) is 21.0. The van der Waals surface area contributed by atoms with Crippen LogP contribution in [-0.4, -0.2) is 46.2 Å². The molecule has 3 heterocycles. The molecule has 2 aromatic rings. The molecule has 0 aromatic heterocycles. The highest BCUT2D eigenvalue weighted by Gasteiger charge is 2.57. The summed E-state index contributed by atoms with van der Waals surface area (Å²) in [6, 6.07) is 11.6. The Morgan fingerprint density at radius 3 is 2.66 bits per heavy atom. The topological polar surface area (TPSA) is 97.0 Å². The standard InChI is InChI=1S/C26H29N3O5S/c1-14(2)20(22(30)27-12-15-9-10-18-19(11-15)34-13-33-18)28-23(31)21-26(3,4)35-25-17-8-6-5-7-16(17)24(32)29(21)25/h5-11,14,20-21,25H,12-13H2,1-4H3,(H,27,30)(H,28,31)/t20-,21+,25-/m0/s1. The highest BCUT2D eigenvalue weighted by molar-refractivity contribution is 8.01. The van der Waals surface area contributed by atoms with Gasteiger partial charge in [0, 0.05) is 16.9 Å². The van der Waals surface area contributed by atoms with E-state index in [1.807, 2.05) is 64.1 Å². The van der Waals surface area contributed by atoms with E-state index in [0.29, 0.717) is 23.6 Å². The van der Waals surface area contributed by atoms with Gasteiger partial charge in [0.05, 0.1) is 0 Å². The van der Waals surface area contributed by atoms with Crippen LogP contribution in [0.2, 0.25) is 0 Å². The van der Waals surface area contributed by atoms with Gasteiger partial charge in [-0.1, -0.05) is 38.1 Å². The van der Waals surface area contributed by atoms with Crippen LogP contribution in [0.4, 0.5) is 0 Å². The Morgan fingerprint density at radius 2 is 1.89 bits per heavy atom. The number of rotatable bonds is 6. The Labute approximate surface area is 208 Å². The molecule has 35 heavy (non-hydrogen) atoms. The quantitative estimate of drug-likeness (QED) is 0.639. The SMILES string of the molecule is CC(C)[C@H](NC(=O)[C@H]1N2C(=O)c3ccccc3[C@@H]2SC1(C)C)C(=O)NCc1ccc2c(c1)OCO2. The fourth-order valence-electron chi connectivity index (χ4n) is 4.92. The Balaban J connectivity index is 1.29. The third-order valence-corrected chi connectivity index (χ3v) is 8.23. The van der Waals surface area contributed by atoms with Crippen LogP contribution in [0.15, 0.2) is 42.5 Å².